The summed E-state index contributed by atoms with van der Waals surface area (Å²) in [6.45, 7) is 3.07. The molecular weight excluding hydrogens is 332 g/mol. The van der Waals surface area contributed by atoms with Crippen LogP contribution < -0.4 is 15.8 Å². The quantitative estimate of drug-likeness (QED) is 0.825. The molecule has 0 aliphatic heterocycles. The van der Waals surface area contributed by atoms with E-state index in [1.54, 1.807) is 0 Å². The molecule has 1 amide bonds. The van der Waals surface area contributed by atoms with Gasteiger partial charge in [0.15, 0.2) is 0 Å². The standard InChI is InChI=1S/C16H23BrN2O2/c1-11(21-14-6-3-5-13(17)8-14)10-19-16(20)15-7-2-4-12(15)9-18/h3,5-6,8,11-12,15H,2,4,7,9-10,18H2,1H3,(H,19,20)/t11?,12-,15-/m1/s1. The lowest BCUT2D eigenvalue weighted by molar-refractivity contribution is -0.126. The predicted octanol–water partition coefficient (Wildman–Crippen LogP) is 2.71. The van der Waals surface area contributed by atoms with Crippen molar-refractivity contribution < 1.29 is 9.53 Å². The molecule has 1 aliphatic rings. The van der Waals surface area contributed by atoms with Crippen molar-refractivity contribution in [1.82, 2.24) is 5.32 Å². The van der Waals surface area contributed by atoms with Crippen molar-refractivity contribution in [2.45, 2.75) is 32.3 Å². The summed E-state index contributed by atoms with van der Waals surface area (Å²) in [6, 6.07) is 7.70. The van der Waals surface area contributed by atoms with Crippen molar-refractivity contribution >= 4 is 21.8 Å². The van der Waals surface area contributed by atoms with Gasteiger partial charge in [-0.15, -0.1) is 0 Å². The van der Waals surface area contributed by atoms with Gasteiger partial charge in [0.1, 0.15) is 11.9 Å². The molecule has 1 aromatic rings. The van der Waals surface area contributed by atoms with Gasteiger partial charge in [0.05, 0.1) is 6.54 Å². The van der Waals surface area contributed by atoms with E-state index in [-0.39, 0.29) is 17.9 Å². The lowest BCUT2D eigenvalue weighted by Crippen LogP contribution is -2.39. The van der Waals surface area contributed by atoms with Crippen molar-refractivity contribution in [2.75, 3.05) is 13.1 Å². The number of hydrogen-bond acceptors (Lipinski definition) is 3. The zero-order valence-electron chi connectivity index (χ0n) is 12.3. The predicted molar refractivity (Wildman–Crippen MR) is 87.1 cm³/mol. The molecule has 1 saturated carbocycles. The Labute approximate surface area is 134 Å². The Hall–Kier alpha value is -1.07. The second-order valence-corrected chi connectivity index (χ2v) is 6.58. The van der Waals surface area contributed by atoms with Crippen molar-refractivity contribution in [1.29, 1.82) is 0 Å². The molecule has 0 bridgehead atoms. The van der Waals surface area contributed by atoms with Crippen LogP contribution in [0.3, 0.4) is 0 Å². The molecule has 0 heterocycles. The molecule has 0 radical (unpaired) electrons. The lowest BCUT2D eigenvalue weighted by Gasteiger charge is -2.20. The molecule has 1 aromatic carbocycles. The molecule has 116 valence electrons. The lowest BCUT2D eigenvalue weighted by atomic mass is 9.95. The molecule has 0 aromatic heterocycles. The SMILES string of the molecule is CC(CNC(=O)[C@@H]1CCC[C@@H]1CN)Oc1cccc(Br)c1. The Balaban J connectivity index is 1.78. The van der Waals surface area contributed by atoms with Gasteiger partial charge in [-0.1, -0.05) is 28.4 Å². The maximum absolute atomic E-state index is 12.2. The number of nitrogens with two attached hydrogens (primary N) is 1. The average molecular weight is 355 g/mol. The van der Waals surface area contributed by atoms with Gasteiger partial charge in [0.2, 0.25) is 5.91 Å². The summed E-state index contributed by atoms with van der Waals surface area (Å²) in [4.78, 5) is 12.2. The largest absolute Gasteiger partial charge is 0.489 e. The zero-order chi connectivity index (χ0) is 15.2. The highest BCUT2D eigenvalue weighted by Gasteiger charge is 2.31. The molecule has 1 unspecified atom stereocenters. The number of hydrogen-bond donors (Lipinski definition) is 2. The van der Waals surface area contributed by atoms with Gasteiger partial charge in [-0.3, -0.25) is 4.79 Å². The third-order valence-corrected chi connectivity index (χ3v) is 4.49. The van der Waals surface area contributed by atoms with Crippen LogP contribution in [0.25, 0.3) is 0 Å². The minimum atomic E-state index is -0.0685. The maximum atomic E-state index is 12.2. The Morgan fingerprint density at radius 2 is 2.33 bits per heavy atom. The number of halogens is 1. The van der Waals surface area contributed by atoms with E-state index in [0.717, 1.165) is 29.5 Å². The molecule has 1 aliphatic carbocycles. The highest BCUT2D eigenvalue weighted by atomic mass is 79.9. The van der Waals surface area contributed by atoms with Crippen LogP contribution >= 0.6 is 15.9 Å². The van der Waals surface area contributed by atoms with E-state index in [0.29, 0.717) is 19.0 Å². The average Bonchev–Trinajstić information content (AvgIpc) is 2.93. The fourth-order valence-electron chi connectivity index (χ4n) is 2.85. The fourth-order valence-corrected chi connectivity index (χ4v) is 3.23. The first kappa shape index (κ1) is 16.3. The van der Waals surface area contributed by atoms with Gasteiger partial charge in [0.25, 0.3) is 0 Å². The van der Waals surface area contributed by atoms with Crippen LogP contribution in [0.5, 0.6) is 5.75 Å². The second-order valence-electron chi connectivity index (χ2n) is 5.66. The second kappa shape index (κ2) is 7.80. The summed E-state index contributed by atoms with van der Waals surface area (Å²) >= 11 is 3.41. The normalized spacial score (nSPS) is 22.8. The number of benzene rings is 1. The maximum Gasteiger partial charge on any atom is 0.223 e. The Bertz CT molecular complexity index is 481. The first-order valence-electron chi connectivity index (χ1n) is 7.50. The summed E-state index contributed by atoms with van der Waals surface area (Å²) in [6.07, 6.45) is 3.05. The zero-order valence-corrected chi connectivity index (χ0v) is 13.9. The number of ether oxygens (including phenoxy) is 1. The third kappa shape index (κ3) is 4.71. The number of carbonyl (C=O) groups is 1. The topological polar surface area (TPSA) is 64.4 Å². The van der Waals surface area contributed by atoms with Crippen LogP contribution in [0.1, 0.15) is 26.2 Å². The molecule has 3 N–H and O–H groups in total. The van der Waals surface area contributed by atoms with Gasteiger partial charge >= 0.3 is 0 Å². The van der Waals surface area contributed by atoms with Crippen LogP contribution in [0.15, 0.2) is 28.7 Å². The molecular formula is C16H23BrN2O2. The summed E-state index contributed by atoms with van der Waals surface area (Å²) < 4.78 is 6.77. The molecule has 4 nitrogen and oxygen atoms in total. The molecule has 21 heavy (non-hydrogen) atoms. The van der Waals surface area contributed by atoms with E-state index in [2.05, 4.69) is 21.2 Å². The van der Waals surface area contributed by atoms with Crippen LogP contribution in [0, 0.1) is 11.8 Å². The van der Waals surface area contributed by atoms with Gasteiger partial charge in [-0.25, -0.2) is 0 Å². The summed E-state index contributed by atoms with van der Waals surface area (Å²) in [5.41, 5.74) is 5.73. The number of carbonyl (C=O) groups excluding carboxylic acids is 1. The van der Waals surface area contributed by atoms with Crippen molar-refractivity contribution in [3.8, 4) is 5.75 Å². The monoisotopic (exact) mass is 354 g/mol. The Morgan fingerprint density at radius 3 is 3.05 bits per heavy atom. The van der Waals surface area contributed by atoms with Gasteiger partial charge in [0, 0.05) is 10.4 Å². The van der Waals surface area contributed by atoms with Crippen LogP contribution in [-0.4, -0.2) is 25.1 Å². The summed E-state index contributed by atoms with van der Waals surface area (Å²) in [5.74, 6) is 1.33. The molecule has 0 spiro atoms. The minimum Gasteiger partial charge on any atom is -0.489 e. The fraction of sp³-hybridized carbons (Fsp3) is 0.562. The smallest absolute Gasteiger partial charge is 0.223 e. The van der Waals surface area contributed by atoms with Crippen molar-refractivity contribution in [2.24, 2.45) is 17.6 Å². The van der Waals surface area contributed by atoms with Gasteiger partial charge in [-0.05, 0) is 50.4 Å². The van der Waals surface area contributed by atoms with E-state index in [1.165, 1.54) is 0 Å². The summed E-state index contributed by atoms with van der Waals surface area (Å²) in [7, 11) is 0. The van der Waals surface area contributed by atoms with Gasteiger partial charge in [-0.2, -0.15) is 0 Å². The summed E-state index contributed by atoms with van der Waals surface area (Å²) in [5, 5.41) is 2.99. The van der Waals surface area contributed by atoms with Crippen molar-refractivity contribution in [3.05, 3.63) is 28.7 Å². The molecule has 1 fully saturated rings. The van der Waals surface area contributed by atoms with E-state index in [9.17, 15) is 4.79 Å². The van der Waals surface area contributed by atoms with E-state index in [4.69, 9.17) is 10.5 Å². The van der Waals surface area contributed by atoms with Crippen LogP contribution in [-0.2, 0) is 4.79 Å². The van der Waals surface area contributed by atoms with E-state index < -0.39 is 0 Å². The first-order valence-corrected chi connectivity index (χ1v) is 8.29. The van der Waals surface area contributed by atoms with E-state index in [1.807, 2.05) is 31.2 Å². The molecule has 0 saturated heterocycles. The van der Waals surface area contributed by atoms with Gasteiger partial charge < -0.3 is 15.8 Å². The molecule has 3 atom stereocenters. The van der Waals surface area contributed by atoms with Crippen LogP contribution in [0.4, 0.5) is 0 Å². The Morgan fingerprint density at radius 1 is 1.52 bits per heavy atom. The van der Waals surface area contributed by atoms with Crippen LogP contribution in [0.2, 0.25) is 0 Å². The number of rotatable bonds is 6. The number of amides is 1. The highest BCUT2D eigenvalue weighted by Crippen LogP contribution is 2.30. The first-order chi connectivity index (χ1) is 10.1. The van der Waals surface area contributed by atoms with E-state index >= 15 is 0 Å². The molecule has 2 rings (SSSR count). The minimum absolute atomic E-state index is 0.0685. The van der Waals surface area contributed by atoms with Crippen molar-refractivity contribution in [3.63, 3.8) is 0 Å². The number of nitrogens with one attached hydrogen (secondary N) is 1. The molecule has 5 heteroatoms. The Kier molecular flexibility index (Phi) is 6.06. The third-order valence-electron chi connectivity index (χ3n) is 4.00. The highest BCUT2D eigenvalue weighted by molar-refractivity contribution is 9.10.